The smallest absolute Gasteiger partial charge is 0.276 e. The number of nitro benzene ring substituents is 1. The molecule has 0 unspecified atom stereocenters. The van der Waals surface area contributed by atoms with E-state index in [0.29, 0.717) is 18.7 Å². The van der Waals surface area contributed by atoms with Crippen molar-refractivity contribution in [2.45, 2.75) is 44.8 Å². The Hall–Kier alpha value is -3.39. The minimum Gasteiger partial charge on any atom is -0.382 e. The molecule has 0 radical (unpaired) electrons. The molecule has 0 atom stereocenters. The second-order valence-corrected chi connectivity index (χ2v) is 9.37. The maximum absolute atomic E-state index is 12.7. The van der Waals surface area contributed by atoms with Crippen LogP contribution in [0.1, 0.15) is 36.8 Å². The summed E-state index contributed by atoms with van der Waals surface area (Å²) >= 11 is 0. The maximum atomic E-state index is 12.7. The van der Waals surface area contributed by atoms with Crippen LogP contribution in [-0.2, 0) is 9.53 Å². The highest BCUT2D eigenvalue weighted by atomic mass is 16.6. The van der Waals surface area contributed by atoms with Crippen molar-refractivity contribution in [3.8, 4) is 0 Å². The van der Waals surface area contributed by atoms with Crippen LogP contribution in [0.25, 0.3) is 6.08 Å². The van der Waals surface area contributed by atoms with Crippen molar-refractivity contribution in [1.29, 1.82) is 0 Å². The fourth-order valence-corrected chi connectivity index (χ4v) is 4.83. The van der Waals surface area contributed by atoms with E-state index in [2.05, 4.69) is 48.0 Å². The molecule has 2 aliphatic rings. The normalized spacial score (nSPS) is 20.4. The molecule has 1 amide bonds. The number of piperazine rings is 1. The van der Waals surface area contributed by atoms with Crippen molar-refractivity contribution in [2.75, 3.05) is 43.0 Å². The summed E-state index contributed by atoms with van der Waals surface area (Å²) in [6.07, 6.45) is 5.21. The zero-order valence-electron chi connectivity index (χ0n) is 20.3. The molecule has 1 saturated carbocycles. The van der Waals surface area contributed by atoms with Crippen molar-refractivity contribution in [3.05, 3.63) is 70.3 Å². The van der Waals surface area contributed by atoms with E-state index in [0.717, 1.165) is 44.5 Å². The Bertz CT molecular complexity index is 1040. The SMILES string of the molecule is C=Cc1cc(NC2CCC(OCC(=O)N3CCN(c4ccc(C)cc4)CC3)CC2)ccc1[N+](=O)[O-]. The van der Waals surface area contributed by atoms with Gasteiger partial charge >= 0.3 is 0 Å². The Balaban J connectivity index is 1.17. The Labute approximate surface area is 206 Å². The van der Waals surface area contributed by atoms with Gasteiger partial charge in [0.05, 0.1) is 16.6 Å². The third-order valence-corrected chi connectivity index (χ3v) is 6.96. The molecule has 1 heterocycles. The van der Waals surface area contributed by atoms with Gasteiger partial charge in [-0.2, -0.15) is 0 Å². The largest absolute Gasteiger partial charge is 0.382 e. The predicted octanol–water partition coefficient (Wildman–Crippen LogP) is 4.63. The van der Waals surface area contributed by atoms with Gasteiger partial charge in [-0.15, -0.1) is 0 Å². The van der Waals surface area contributed by atoms with Crippen molar-refractivity contribution < 1.29 is 14.5 Å². The lowest BCUT2D eigenvalue weighted by molar-refractivity contribution is -0.385. The zero-order valence-corrected chi connectivity index (χ0v) is 20.3. The number of rotatable bonds is 8. The number of carbonyl (C=O) groups excluding carboxylic acids is 1. The molecule has 1 aliphatic carbocycles. The van der Waals surface area contributed by atoms with E-state index in [1.165, 1.54) is 23.4 Å². The summed E-state index contributed by atoms with van der Waals surface area (Å²) < 4.78 is 5.98. The Kier molecular flexibility index (Phi) is 8.02. The average Bonchev–Trinajstić information content (AvgIpc) is 2.88. The van der Waals surface area contributed by atoms with Crippen molar-refractivity contribution >= 4 is 29.0 Å². The van der Waals surface area contributed by atoms with Crippen LogP contribution in [0.15, 0.2) is 49.0 Å². The highest BCUT2D eigenvalue weighted by Crippen LogP contribution is 2.28. The number of amides is 1. The number of hydrogen-bond acceptors (Lipinski definition) is 6. The first-order valence-electron chi connectivity index (χ1n) is 12.3. The molecule has 2 aromatic carbocycles. The highest BCUT2D eigenvalue weighted by molar-refractivity contribution is 5.77. The van der Waals surface area contributed by atoms with Crippen LogP contribution >= 0.6 is 0 Å². The Morgan fingerprint density at radius 2 is 1.80 bits per heavy atom. The molecule has 0 spiro atoms. The molecule has 1 aliphatic heterocycles. The lowest BCUT2D eigenvalue weighted by Crippen LogP contribution is -2.50. The maximum Gasteiger partial charge on any atom is 0.276 e. The molecular formula is C27H34N4O4. The van der Waals surface area contributed by atoms with Gasteiger partial charge in [0.2, 0.25) is 5.91 Å². The number of carbonyl (C=O) groups is 1. The monoisotopic (exact) mass is 478 g/mol. The molecule has 1 saturated heterocycles. The molecule has 8 nitrogen and oxygen atoms in total. The van der Waals surface area contributed by atoms with Crippen molar-refractivity contribution in [2.24, 2.45) is 0 Å². The third kappa shape index (κ3) is 6.39. The van der Waals surface area contributed by atoms with Gasteiger partial charge in [0.25, 0.3) is 5.69 Å². The van der Waals surface area contributed by atoms with Crippen LogP contribution in [0.2, 0.25) is 0 Å². The summed E-state index contributed by atoms with van der Waals surface area (Å²) in [4.78, 5) is 27.6. The molecule has 35 heavy (non-hydrogen) atoms. The Morgan fingerprint density at radius 1 is 1.11 bits per heavy atom. The van der Waals surface area contributed by atoms with Crippen LogP contribution in [0, 0.1) is 17.0 Å². The van der Waals surface area contributed by atoms with E-state index >= 15 is 0 Å². The number of anilines is 2. The van der Waals surface area contributed by atoms with E-state index in [9.17, 15) is 14.9 Å². The average molecular weight is 479 g/mol. The second kappa shape index (κ2) is 11.4. The first-order valence-corrected chi connectivity index (χ1v) is 12.3. The number of ether oxygens (including phenoxy) is 1. The summed E-state index contributed by atoms with van der Waals surface area (Å²) in [5.74, 6) is 0.0663. The highest BCUT2D eigenvalue weighted by Gasteiger charge is 2.25. The number of nitrogens with zero attached hydrogens (tertiary/aromatic N) is 3. The van der Waals surface area contributed by atoms with E-state index < -0.39 is 4.92 Å². The fraction of sp³-hybridized carbons (Fsp3) is 0.444. The summed E-state index contributed by atoms with van der Waals surface area (Å²) in [5.41, 5.74) is 3.88. The Morgan fingerprint density at radius 3 is 2.43 bits per heavy atom. The van der Waals surface area contributed by atoms with Gasteiger partial charge in [-0.1, -0.05) is 30.4 Å². The molecule has 4 rings (SSSR count). The molecule has 0 bridgehead atoms. The minimum atomic E-state index is -0.394. The molecular weight excluding hydrogens is 444 g/mol. The number of aryl methyl sites for hydroxylation is 1. The van der Waals surface area contributed by atoms with Crippen LogP contribution < -0.4 is 10.2 Å². The first-order chi connectivity index (χ1) is 16.9. The van der Waals surface area contributed by atoms with E-state index in [4.69, 9.17) is 4.74 Å². The van der Waals surface area contributed by atoms with Crippen LogP contribution in [0.3, 0.4) is 0 Å². The second-order valence-electron chi connectivity index (χ2n) is 9.37. The van der Waals surface area contributed by atoms with Gasteiger partial charge in [0.1, 0.15) is 6.61 Å². The molecule has 2 aromatic rings. The zero-order chi connectivity index (χ0) is 24.8. The lowest BCUT2D eigenvalue weighted by atomic mass is 9.92. The van der Waals surface area contributed by atoms with Crippen LogP contribution in [-0.4, -0.2) is 60.7 Å². The van der Waals surface area contributed by atoms with Gasteiger partial charge in [-0.25, -0.2) is 0 Å². The molecule has 186 valence electrons. The van der Waals surface area contributed by atoms with E-state index in [1.54, 1.807) is 12.1 Å². The molecule has 0 aromatic heterocycles. The quantitative estimate of drug-likeness (QED) is 0.440. The topological polar surface area (TPSA) is 88.0 Å². The van der Waals surface area contributed by atoms with Gasteiger partial charge in [-0.3, -0.25) is 14.9 Å². The van der Waals surface area contributed by atoms with E-state index in [1.807, 2.05) is 4.90 Å². The van der Waals surface area contributed by atoms with Crippen LogP contribution in [0.5, 0.6) is 0 Å². The first kappa shape index (κ1) is 24.7. The fourth-order valence-electron chi connectivity index (χ4n) is 4.83. The van der Waals surface area contributed by atoms with Crippen molar-refractivity contribution in [1.82, 2.24) is 4.90 Å². The molecule has 8 heteroatoms. The van der Waals surface area contributed by atoms with Gasteiger partial charge < -0.3 is 19.9 Å². The summed E-state index contributed by atoms with van der Waals surface area (Å²) in [6, 6.07) is 13.8. The summed E-state index contributed by atoms with van der Waals surface area (Å²) in [6.45, 7) is 9.00. The predicted molar refractivity (Wildman–Crippen MR) is 139 cm³/mol. The third-order valence-electron chi connectivity index (χ3n) is 6.96. The lowest BCUT2D eigenvalue weighted by Gasteiger charge is -2.36. The van der Waals surface area contributed by atoms with E-state index in [-0.39, 0.29) is 30.3 Å². The van der Waals surface area contributed by atoms with Gasteiger partial charge in [0, 0.05) is 49.7 Å². The minimum absolute atomic E-state index is 0.0592. The summed E-state index contributed by atoms with van der Waals surface area (Å²) in [5, 5.41) is 14.6. The van der Waals surface area contributed by atoms with Crippen LogP contribution in [0.4, 0.5) is 17.1 Å². The molecule has 2 fully saturated rings. The van der Waals surface area contributed by atoms with Crippen molar-refractivity contribution in [3.63, 3.8) is 0 Å². The number of nitro groups is 1. The van der Waals surface area contributed by atoms with Gasteiger partial charge in [-0.05, 0) is 56.9 Å². The standard InChI is InChI=1S/C27H34N4O4/c1-3-21-18-23(8-13-26(21)31(33)34)28-22-6-11-25(12-7-22)35-19-27(32)30-16-14-29(15-17-30)24-9-4-20(2)5-10-24/h3-5,8-10,13,18,22,25,28H,1,6-7,11-12,14-17,19H2,2H3. The number of nitrogens with one attached hydrogen (secondary N) is 1. The number of benzene rings is 2. The summed E-state index contributed by atoms with van der Waals surface area (Å²) in [7, 11) is 0. The van der Waals surface area contributed by atoms with Gasteiger partial charge in [0.15, 0.2) is 0 Å². The number of hydrogen-bond donors (Lipinski definition) is 1. The molecule has 1 N–H and O–H groups in total.